The molecule has 0 N–H and O–H groups in total. The van der Waals surface area contributed by atoms with Crippen LogP contribution in [0.3, 0.4) is 0 Å². The number of rotatable bonds is 4. The average molecular weight is 260 g/mol. The van der Waals surface area contributed by atoms with Crippen LogP contribution < -0.4 is 0 Å². The zero-order chi connectivity index (χ0) is 12.5. The van der Waals surface area contributed by atoms with Gasteiger partial charge in [0, 0.05) is 26.3 Å². The Kier molecular flexibility index (Phi) is 3.50. The molecule has 7 heteroatoms. The van der Waals surface area contributed by atoms with Gasteiger partial charge in [-0.05, 0) is 13.3 Å². The van der Waals surface area contributed by atoms with E-state index in [1.807, 2.05) is 0 Å². The molecule has 1 aromatic heterocycles. The molecule has 0 aromatic carbocycles. The van der Waals surface area contributed by atoms with Crippen LogP contribution in [0, 0.1) is 6.92 Å². The zero-order valence-corrected chi connectivity index (χ0v) is 10.7. The van der Waals surface area contributed by atoms with Gasteiger partial charge >= 0.3 is 0 Å². The fourth-order valence-corrected chi connectivity index (χ4v) is 3.35. The normalized spacial score (nSPS) is 22.1. The Morgan fingerprint density at radius 1 is 1.65 bits per heavy atom. The maximum Gasteiger partial charge on any atom is 0.221 e. The lowest BCUT2D eigenvalue weighted by Crippen LogP contribution is -2.31. The van der Waals surface area contributed by atoms with E-state index in [-0.39, 0.29) is 11.9 Å². The lowest BCUT2D eigenvalue weighted by molar-refractivity contribution is 0.115. The molecule has 0 aliphatic carbocycles. The fourth-order valence-electron chi connectivity index (χ4n) is 1.90. The molecule has 0 amide bonds. The van der Waals surface area contributed by atoms with Gasteiger partial charge in [0.15, 0.2) is 5.76 Å². The Hall–Kier alpha value is -0.920. The van der Waals surface area contributed by atoms with Crippen molar-refractivity contribution in [2.24, 2.45) is 0 Å². The van der Waals surface area contributed by atoms with Gasteiger partial charge in [0.2, 0.25) is 10.0 Å². The molecule has 0 bridgehead atoms. The number of hydrogen-bond donors (Lipinski definition) is 0. The molecule has 2 heterocycles. The first-order valence-electron chi connectivity index (χ1n) is 5.44. The van der Waals surface area contributed by atoms with Crippen molar-refractivity contribution in [1.29, 1.82) is 0 Å². The van der Waals surface area contributed by atoms with E-state index in [0.717, 1.165) is 6.42 Å². The molecule has 1 aromatic rings. The maximum atomic E-state index is 12.1. The van der Waals surface area contributed by atoms with Crippen LogP contribution in [0.5, 0.6) is 0 Å². The maximum absolute atomic E-state index is 12.1. The van der Waals surface area contributed by atoms with Crippen LogP contribution in [-0.2, 0) is 20.5 Å². The summed E-state index contributed by atoms with van der Waals surface area (Å²) in [6.45, 7) is 2.69. The molecule has 6 nitrogen and oxygen atoms in total. The van der Waals surface area contributed by atoms with Gasteiger partial charge in [0.05, 0.1) is 11.8 Å². The molecule has 96 valence electrons. The summed E-state index contributed by atoms with van der Waals surface area (Å²) in [5.41, 5.74) is 0.686. The van der Waals surface area contributed by atoms with Gasteiger partial charge in [-0.2, -0.15) is 4.31 Å². The summed E-state index contributed by atoms with van der Waals surface area (Å²) in [6, 6.07) is 1.64. The van der Waals surface area contributed by atoms with Gasteiger partial charge < -0.3 is 9.26 Å². The van der Waals surface area contributed by atoms with Crippen molar-refractivity contribution >= 4 is 10.0 Å². The van der Waals surface area contributed by atoms with Gasteiger partial charge in [-0.1, -0.05) is 5.16 Å². The van der Waals surface area contributed by atoms with Crippen molar-refractivity contribution in [2.45, 2.75) is 25.2 Å². The van der Waals surface area contributed by atoms with Crippen molar-refractivity contribution in [2.75, 3.05) is 20.2 Å². The van der Waals surface area contributed by atoms with E-state index >= 15 is 0 Å². The average Bonchev–Trinajstić information content (AvgIpc) is 2.86. The minimum Gasteiger partial charge on any atom is -0.380 e. The lowest BCUT2D eigenvalue weighted by atomic mass is 10.3. The van der Waals surface area contributed by atoms with Crippen LogP contribution in [0.25, 0.3) is 0 Å². The SMILES string of the molecule is CO[C@H]1CCN(S(=O)(=O)Cc2cc(C)no2)C1. The first-order chi connectivity index (χ1) is 8.01. The third-order valence-corrected chi connectivity index (χ3v) is 4.60. The van der Waals surface area contributed by atoms with Gasteiger partial charge in [-0.15, -0.1) is 0 Å². The number of methoxy groups -OCH3 is 1. The Balaban J connectivity index is 2.04. The molecule has 0 radical (unpaired) electrons. The molecule has 0 saturated carbocycles. The molecule has 1 aliphatic heterocycles. The smallest absolute Gasteiger partial charge is 0.221 e. The molecule has 1 aliphatic rings. The van der Waals surface area contributed by atoms with Crippen LogP contribution in [0.2, 0.25) is 0 Å². The summed E-state index contributed by atoms with van der Waals surface area (Å²) < 4.78 is 35.6. The number of sulfonamides is 1. The number of aryl methyl sites for hydroxylation is 1. The molecular formula is C10H16N2O4S. The predicted octanol–water partition coefficient (Wildman–Crippen LogP) is 0.534. The molecule has 0 spiro atoms. The summed E-state index contributed by atoms with van der Waals surface area (Å²) in [6.07, 6.45) is 0.742. The Morgan fingerprint density at radius 3 is 2.94 bits per heavy atom. The second kappa shape index (κ2) is 4.75. The molecular weight excluding hydrogens is 244 g/mol. The second-order valence-corrected chi connectivity index (χ2v) is 6.16. The van der Waals surface area contributed by atoms with Crippen molar-refractivity contribution in [3.63, 3.8) is 0 Å². The third kappa shape index (κ3) is 2.85. The minimum atomic E-state index is -3.32. The standard InChI is InChI=1S/C10H16N2O4S/c1-8-5-10(16-11-8)7-17(13,14)12-4-3-9(6-12)15-2/h5,9H,3-4,6-7H2,1-2H3/t9-/m0/s1. The van der Waals surface area contributed by atoms with E-state index in [2.05, 4.69) is 5.16 Å². The van der Waals surface area contributed by atoms with Crippen LogP contribution in [0.15, 0.2) is 10.6 Å². The Morgan fingerprint density at radius 2 is 2.41 bits per heavy atom. The summed E-state index contributed by atoms with van der Waals surface area (Å²) in [7, 11) is -1.73. The van der Waals surface area contributed by atoms with E-state index in [1.165, 1.54) is 4.31 Å². The second-order valence-electron chi connectivity index (χ2n) is 4.20. The number of aromatic nitrogens is 1. The topological polar surface area (TPSA) is 72.6 Å². The van der Waals surface area contributed by atoms with Gasteiger partial charge in [0.1, 0.15) is 5.75 Å². The summed E-state index contributed by atoms with van der Waals surface area (Å²) in [5, 5.41) is 3.68. The van der Waals surface area contributed by atoms with Gasteiger partial charge in [-0.25, -0.2) is 8.42 Å². The van der Waals surface area contributed by atoms with Gasteiger partial charge in [-0.3, -0.25) is 0 Å². The van der Waals surface area contributed by atoms with Gasteiger partial charge in [0.25, 0.3) is 0 Å². The highest BCUT2D eigenvalue weighted by atomic mass is 32.2. The van der Waals surface area contributed by atoms with Crippen LogP contribution in [0.4, 0.5) is 0 Å². The molecule has 1 atom stereocenters. The highest BCUT2D eigenvalue weighted by Gasteiger charge is 2.32. The van der Waals surface area contributed by atoms with Crippen LogP contribution in [0.1, 0.15) is 17.9 Å². The largest absolute Gasteiger partial charge is 0.380 e. The van der Waals surface area contributed by atoms with Crippen molar-refractivity contribution in [3.05, 3.63) is 17.5 Å². The Labute approximate surface area is 101 Å². The fraction of sp³-hybridized carbons (Fsp3) is 0.700. The highest BCUT2D eigenvalue weighted by molar-refractivity contribution is 7.88. The van der Waals surface area contributed by atoms with Crippen LogP contribution >= 0.6 is 0 Å². The predicted molar refractivity (Wildman–Crippen MR) is 60.9 cm³/mol. The highest BCUT2D eigenvalue weighted by Crippen LogP contribution is 2.19. The summed E-state index contributed by atoms with van der Waals surface area (Å²) in [4.78, 5) is 0. The lowest BCUT2D eigenvalue weighted by Gasteiger charge is -2.14. The first-order valence-corrected chi connectivity index (χ1v) is 7.05. The molecule has 0 unspecified atom stereocenters. The third-order valence-electron chi connectivity index (χ3n) is 2.84. The van der Waals surface area contributed by atoms with Crippen molar-refractivity contribution in [3.8, 4) is 0 Å². The first kappa shape index (κ1) is 12.5. The summed E-state index contributed by atoms with van der Waals surface area (Å²) in [5.74, 6) is 0.243. The quantitative estimate of drug-likeness (QED) is 0.789. The number of ether oxygens (including phenoxy) is 1. The Bertz CT molecular complexity index is 482. The zero-order valence-electron chi connectivity index (χ0n) is 9.92. The summed E-state index contributed by atoms with van der Waals surface area (Å²) >= 11 is 0. The van der Waals surface area contributed by atoms with Crippen LogP contribution in [-0.4, -0.2) is 44.2 Å². The molecule has 1 fully saturated rings. The monoisotopic (exact) mass is 260 g/mol. The minimum absolute atomic E-state index is 0.00115. The number of hydrogen-bond acceptors (Lipinski definition) is 5. The van der Waals surface area contributed by atoms with E-state index in [1.54, 1.807) is 20.1 Å². The van der Waals surface area contributed by atoms with E-state index in [4.69, 9.17) is 9.26 Å². The molecule has 1 saturated heterocycles. The molecule has 2 rings (SSSR count). The molecule has 17 heavy (non-hydrogen) atoms. The van der Waals surface area contributed by atoms with E-state index in [9.17, 15) is 8.42 Å². The van der Waals surface area contributed by atoms with Crippen molar-refractivity contribution in [1.82, 2.24) is 9.46 Å². The van der Waals surface area contributed by atoms with Crippen molar-refractivity contribution < 1.29 is 17.7 Å². The van der Waals surface area contributed by atoms with E-state index in [0.29, 0.717) is 24.5 Å². The number of nitrogens with zero attached hydrogens (tertiary/aromatic N) is 2. The van der Waals surface area contributed by atoms with E-state index < -0.39 is 10.0 Å².